The molecule has 2 aromatic heterocycles. The number of aromatic nitrogens is 3. The summed E-state index contributed by atoms with van der Waals surface area (Å²) in [6, 6.07) is 21.1. The van der Waals surface area contributed by atoms with E-state index in [-0.39, 0.29) is 0 Å². The van der Waals surface area contributed by atoms with Gasteiger partial charge in [0.25, 0.3) is 0 Å². The van der Waals surface area contributed by atoms with Gasteiger partial charge in [-0.1, -0.05) is 60.2 Å². The van der Waals surface area contributed by atoms with E-state index in [4.69, 9.17) is 10.1 Å². The van der Waals surface area contributed by atoms with E-state index in [9.17, 15) is 0 Å². The predicted octanol–water partition coefficient (Wildman–Crippen LogP) is 4.98. The summed E-state index contributed by atoms with van der Waals surface area (Å²) in [5.41, 5.74) is 7.70. The van der Waals surface area contributed by atoms with Crippen LogP contribution in [0.4, 0.5) is 5.82 Å². The van der Waals surface area contributed by atoms with Crippen molar-refractivity contribution < 1.29 is 0 Å². The van der Waals surface area contributed by atoms with Gasteiger partial charge in [-0.25, -0.2) is 4.98 Å². The third-order valence-electron chi connectivity index (χ3n) is 4.79. The average molecular weight is 356 g/mol. The standard InChI is InChI=1S/C23H24N4/c1-16-9-11-20(12-10-16)22-18(3)26-27-21(15-17(2)25-23(22)27)24-14-13-19-7-5-4-6-8-19/h4-12,15,24H,13-14H2,1-3H3. The van der Waals surface area contributed by atoms with Gasteiger partial charge in [0.15, 0.2) is 5.65 Å². The lowest BCUT2D eigenvalue weighted by molar-refractivity contribution is 0.892. The third-order valence-corrected chi connectivity index (χ3v) is 4.79. The number of nitrogens with zero attached hydrogens (tertiary/aromatic N) is 3. The highest BCUT2D eigenvalue weighted by Crippen LogP contribution is 2.29. The molecule has 0 fully saturated rings. The number of hydrogen-bond acceptors (Lipinski definition) is 3. The smallest absolute Gasteiger partial charge is 0.165 e. The zero-order valence-corrected chi connectivity index (χ0v) is 16.0. The maximum atomic E-state index is 4.78. The summed E-state index contributed by atoms with van der Waals surface area (Å²) in [7, 11) is 0. The summed E-state index contributed by atoms with van der Waals surface area (Å²) in [4.78, 5) is 4.78. The quantitative estimate of drug-likeness (QED) is 0.548. The second-order valence-electron chi connectivity index (χ2n) is 7.01. The fraction of sp³-hybridized carbons (Fsp3) is 0.217. The molecular formula is C23H24N4. The summed E-state index contributed by atoms with van der Waals surface area (Å²) < 4.78 is 1.93. The molecule has 0 spiro atoms. The molecule has 0 radical (unpaired) electrons. The van der Waals surface area contributed by atoms with E-state index >= 15 is 0 Å². The zero-order valence-electron chi connectivity index (χ0n) is 16.0. The molecule has 4 heteroatoms. The van der Waals surface area contributed by atoms with E-state index in [1.165, 1.54) is 11.1 Å². The van der Waals surface area contributed by atoms with Crippen LogP contribution in [0.3, 0.4) is 0 Å². The van der Waals surface area contributed by atoms with Gasteiger partial charge in [0.05, 0.1) is 5.69 Å². The molecule has 0 aliphatic rings. The van der Waals surface area contributed by atoms with E-state index in [1.807, 2.05) is 24.4 Å². The lowest BCUT2D eigenvalue weighted by Gasteiger charge is -2.10. The van der Waals surface area contributed by atoms with Crippen molar-refractivity contribution in [3.05, 3.63) is 83.2 Å². The monoisotopic (exact) mass is 356 g/mol. The van der Waals surface area contributed by atoms with Gasteiger partial charge in [-0.3, -0.25) is 0 Å². The van der Waals surface area contributed by atoms with Crippen molar-refractivity contribution in [3.8, 4) is 11.1 Å². The third kappa shape index (κ3) is 3.56. The van der Waals surface area contributed by atoms with Crippen molar-refractivity contribution in [1.82, 2.24) is 14.6 Å². The molecule has 2 aromatic carbocycles. The van der Waals surface area contributed by atoms with Gasteiger partial charge in [0.2, 0.25) is 0 Å². The van der Waals surface area contributed by atoms with Gasteiger partial charge in [-0.05, 0) is 38.3 Å². The van der Waals surface area contributed by atoms with Crippen LogP contribution in [0.15, 0.2) is 60.7 Å². The van der Waals surface area contributed by atoms with Gasteiger partial charge in [0.1, 0.15) is 5.82 Å². The van der Waals surface area contributed by atoms with Crippen molar-refractivity contribution >= 4 is 11.5 Å². The SMILES string of the molecule is Cc1ccc(-c2c(C)nn3c(NCCc4ccccc4)cc(C)nc23)cc1. The van der Waals surface area contributed by atoms with Crippen LogP contribution in [0.1, 0.15) is 22.5 Å². The van der Waals surface area contributed by atoms with Gasteiger partial charge >= 0.3 is 0 Å². The van der Waals surface area contributed by atoms with Gasteiger partial charge in [-0.15, -0.1) is 0 Å². The highest BCUT2D eigenvalue weighted by Gasteiger charge is 2.15. The number of hydrogen-bond donors (Lipinski definition) is 1. The molecule has 4 aromatic rings. The molecule has 0 bridgehead atoms. The van der Waals surface area contributed by atoms with Crippen LogP contribution in [0.2, 0.25) is 0 Å². The normalized spacial score (nSPS) is 11.1. The highest BCUT2D eigenvalue weighted by molar-refractivity contribution is 5.81. The minimum Gasteiger partial charge on any atom is -0.370 e. The summed E-state index contributed by atoms with van der Waals surface area (Å²) in [5, 5.41) is 8.31. The Bertz CT molecular complexity index is 1060. The number of fused-ring (bicyclic) bond motifs is 1. The van der Waals surface area contributed by atoms with Crippen molar-refractivity contribution in [3.63, 3.8) is 0 Å². The molecule has 2 heterocycles. The first-order valence-electron chi connectivity index (χ1n) is 9.33. The highest BCUT2D eigenvalue weighted by atomic mass is 15.3. The number of aryl methyl sites for hydroxylation is 3. The van der Waals surface area contributed by atoms with E-state index in [1.54, 1.807) is 0 Å². The van der Waals surface area contributed by atoms with Crippen LogP contribution in [0, 0.1) is 20.8 Å². The molecule has 0 saturated heterocycles. The molecule has 0 atom stereocenters. The second-order valence-corrected chi connectivity index (χ2v) is 7.01. The summed E-state index contributed by atoms with van der Waals surface area (Å²) >= 11 is 0. The molecule has 27 heavy (non-hydrogen) atoms. The fourth-order valence-corrected chi connectivity index (χ4v) is 3.41. The van der Waals surface area contributed by atoms with Crippen LogP contribution < -0.4 is 5.32 Å². The first-order valence-corrected chi connectivity index (χ1v) is 9.33. The Labute approximate surface area is 159 Å². The number of benzene rings is 2. The molecule has 0 aliphatic carbocycles. The van der Waals surface area contributed by atoms with Crippen molar-refractivity contribution in [2.45, 2.75) is 27.2 Å². The van der Waals surface area contributed by atoms with Crippen LogP contribution >= 0.6 is 0 Å². The maximum absolute atomic E-state index is 4.78. The molecule has 4 nitrogen and oxygen atoms in total. The van der Waals surface area contributed by atoms with E-state index < -0.39 is 0 Å². The summed E-state index contributed by atoms with van der Waals surface area (Å²) in [6.07, 6.45) is 0.967. The zero-order chi connectivity index (χ0) is 18.8. The van der Waals surface area contributed by atoms with E-state index in [2.05, 4.69) is 66.8 Å². The van der Waals surface area contributed by atoms with Crippen LogP contribution in [-0.4, -0.2) is 21.1 Å². The fourth-order valence-electron chi connectivity index (χ4n) is 3.41. The first-order chi connectivity index (χ1) is 13.1. The predicted molar refractivity (Wildman–Crippen MR) is 111 cm³/mol. The number of rotatable bonds is 5. The van der Waals surface area contributed by atoms with Crippen LogP contribution in [-0.2, 0) is 6.42 Å². The van der Waals surface area contributed by atoms with Crippen LogP contribution in [0.25, 0.3) is 16.8 Å². The Hall–Kier alpha value is -3.14. The van der Waals surface area contributed by atoms with E-state index in [0.717, 1.165) is 46.9 Å². The van der Waals surface area contributed by atoms with E-state index in [0.29, 0.717) is 0 Å². The number of nitrogens with one attached hydrogen (secondary N) is 1. The largest absolute Gasteiger partial charge is 0.370 e. The second kappa shape index (κ2) is 7.23. The summed E-state index contributed by atoms with van der Waals surface area (Å²) in [5.74, 6) is 0.981. The summed E-state index contributed by atoms with van der Waals surface area (Å²) in [6.45, 7) is 7.03. The van der Waals surface area contributed by atoms with Crippen molar-refractivity contribution in [2.75, 3.05) is 11.9 Å². The Morgan fingerprint density at radius 1 is 0.926 bits per heavy atom. The molecule has 0 aliphatic heterocycles. The molecule has 136 valence electrons. The Morgan fingerprint density at radius 3 is 2.41 bits per heavy atom. The molecule has 0 amide bonds. The maximum Gasteiger partial charge on any atom is 0.165 e. The minimum absolute atomic E-state index is 0.849. The van der Waals surface area contributed by atoms with Gasteiger partial charge in [0, 0.05) is 23.9 Å². The van der Waals surface area contributed by atoms with Crippen molar-refractivity contribution in [2.24, 2.45) is 0 Å². The minimum atomic E-state index is 0.849. The average Bonchev–Trinajstić information content (AvgIpc) is 2.99. The van der Waals surface area contributed by atoms with Crippen molar-refractivity contribution in [1.29, 1.82) is 0 Å². The molecule has 0 saturated carbocycles. The van der Waals surface area contributed by atoms with Gasteiger partial charge < -0.3 is 5.32 Å². The molecule has 4 rings (SSSR count). The topological polar surface area (TPSA) is 42.2 Å². The molecule has 1 N–H and O–H groups in total. The lowest BCUT2D eigenvalue weighted by Crippen LogP contribution is -2.10. The number of anilines is 1. The molecule has 0 unspecified atom stereocenters. The Morgan fingerprint density at radius 2 is 1.67 bits per heavy atom. The Kier molecular flexibility index (Phi) is 4.63. The molecular weight excluding hydrogens is 332 g/mol. The van der Waals surface area contributed by atoms with Gasteiger partial charge in [-0.2, -0.15) is 9.61 Å². The first kappa shape index (κ1) is 17.3. The lowest BCUT2D eigenvalue weighted by atomic mass is 10.0. The van der Waals surface area contributed by atoms with Crippen LogP contribution in [0.5, 0.6) is 0 Å². The Balaban J connectivity index is 1.68.